The summed E-state index contributed by atoms with van der Waals surface area (Å²) >= 11 is 6.27. The van der Waals surface area contributed by atoms with E-state index < -0.39 is 0 Å². The molecule has 6 heteroatoms. The molecular formula is C9H8N2O2S2. The predicted molar refractivity (Wildman–Crippen MR) is 62.5 cm³/mol. The van der Waals surface area contributed by atoms with Crippen molar-refractivity contribution in [2.45, 2.75) is 6.92 Å². The van der Waals surface area contributed by atoms with Gasteiger partial charge in [0.05, 0.1) is 12.5 Å². The number of hydrogen-bond acceptors (Lipinski definition) is 6. The fourth-order valence-corrected chi connectivity index (χ4v) is 2.41. The number of thiophene rings is 1. The average Bonchev–Trinajstić information content (AvgIpc) is 2.54. The third kappa shape index (κ3) is 1.66. The number of methoxy groups -OCH3 is 1. The standard InChI is InChI=1S/C9H8N2O2S2/c1-4-10-3-5-6(12)7(9(14)13-2)15-8(5)11-4/h3,12H,1-2H3. The van der Waals surface area contributed by atoms with Crippen molar-refractivity contribution in [3.63, 3.8) is 0 Å². The zero-order valence-corrected chi connectivity index (χ0v) is 9.78. The predicted octanol–water partition coefficient (Wildman–Crippen LogP) is 2.03. The van der Waals surface area contributed by atoms with Crippen molar-refractivity contribution in [3.8, 4) is 5.75 Å². The molecule has 4 nitrogen and oxygen atoms in total. The summed E-state index contributed by atoms with van der Waals surface area (Å²) in [5.41, 5.74) is 0. The summed E-state index contributed by atoms with van der Waals surface area (Å²) in [7, 11) is 1.48. The number of ether oxygens (including phenoxy) is 1. The van der Waals surface area contributed by atoms with Crippen LogP contribution in [-0.2, 0) is 4.74 Å². The highest BCUT2D eigenvalue weighted by Crippen LogP contribution is 2.35. The van der Waals surface area contributed by atoms with E-state index in [-0.39, 0.29) is 10.8 Å². The topological polar surface area (TPSA) is 55.2 Å². The van der Waals surface area contributed by atoms with E-state index in [1.54, 1.807) is 13.1 Å². The smallest absolute Gasteiger partial charge is 0.205 e. The third-order valence-corrected chi connectivity index (χ3v) is 3.50. The van der Waals surface area contributed by atoms with Crippen LogP contribution in [0.2, 0.25) is 0 Å². The summed E-state index contributed by atoms with van der Waals surface area (Å²) in [6.07, 6.45) is 1.59. The van der Waals surface area contributed by atoms with Crippen LogP contribution in [0.4, 0.5) is 0 Å². The van der Waals surface area contributed by atoms with E-state index in [0.29, 0.717) is 16.1 Å². The van der Waals surface area contributed by atoms with Gasteiger partial charge in [-0.15, -0.1) is 11.3 Å². The van der Waals surface area contributed by atoms with E-state index in [0.717, 1.165) is 4.83 Å². The van der Waals surface area contributed by atoms with E-state index in [9.17, 15) is 5.11 Å². The van der Waals surface area contributed by atoms with Crippen LogP contribution in [0, 0.1) is 6.92 Å². The minimum absolute atomic E-state index is 0.0989. The number of hydrogen-bond donors (Lipinski definition) is 1. The van der Waals surface area contributed by atoms with Crippen molar-refractivity contribution in [2.75, 3.05) is 7.11 Å². The molecule has 1 N–H and O–H groups in total. The molecule has 0 saturated carbocycles. The van der Waals surface area contributed by atoms with Gasteiger partial charge in [0.25, 0.3) is 0 Å². The first-order chi connectivity index (χ1) is 7.13. The van der Waals surface area contributed by atoms with Gasteiger partial charge in [0.2, 0.25) is 5.05 Å². The van der Waals surface area contributed by atoms with Gasteiger partial charge in [-0.05, 0) is 19.1 Å². The van der Waals surface area contributed by atoms with Crippen LogP contribution in [0.5, 0.6) is 5.75 Å². The fourth-order valence-electron chi connectivity index (χ4n) is 1.19. The Labute approximate surface area is 95.6 Å². The third-order valence-electron chi connectivity index (χ3n) is 1.91. The Bertz CT molecular complexity index is 536. The maximum Gasteiger partial charge on any atom is 0.205 e. The van der Waals surface area contributed by atoms with E-state index in [1.165, 1.54) is 18.4 Å². The highest BCUT2D eigenvalue weighted by Gasteiger charge is 2.16. The van der Waals surface area contributed by atoms with Crippen LogP contribution in [-0.4, -0.2) is 27.2 Å². The molecule has 0 radical (unpaired) electrons. The van der Waals surface area contributed by atoms with E-state index in [2.05, 4.69) is 9.97 Å². The molecule has 0 amide bonds. The molecule has 2 heterocycles. The molecule has 0 fully saturated rings. The fraction of sp³-hybridized carbons (Fsp3) is 0.222. The van der Waals surface area contributed by atoms with Gasteiger partial charge in [-0.1, -0.05) is 0 Å². The quantitative estimate of drug-likeness (QED) is 0.773. The van der Waals surface area contributed by atoms with Crippen LogP contribution >= 0.6 is 23.6 Å². The van der Waals surface area contributed by atoms with Gasteiger partial charge in [-0.25, -0.2) is 9.97 Å². The molecule has 0 spiro atoms. The summed E-state index contributed by atoms with van der Waals surface area (Å²) in [5.74, 6) is 0.764. The minimum Gasteiger partial charge on any atom is -0.505 e. The van der Waals surface area contributed by atoms with Crippen molar-refractivity contribution in [1.29, 1.82) is 0 Å². The van der Waals surface area contributed by atoms with E-state index >= 15 is 0 Å². The number of fused-ring (bicyclic) bond motifs is 1. The average molecular weight is 240 g/mol. The van der Waals surface area contributed by atoms with Crippen molar-refractivity contribution in [2.24, 2.45) is 0 Å². The minimum atomic E-state index is 0.0989. The monoisotopic (exact) mass is 240 g/mol. The van der Waals surface area contributed by atoms with Crippen LogP contribution in [0.25, 0.3) is 10.2 Å². The van der Waals surface area contributed by atoms with Gasteiger partial charge in [0.15, 0.2) is 0 Å². The Morgan fingerprint density at radius 2 is 2.33 bits per heavy atom. The molecule has 0 unspecified atom stereocenters. The van der Waals surface area contributed by atoms with Crippen LogP contribution < -0.4 is 0 Å². The number of aryl methyl sites for hydroxylation is 1. The lowest BCUT2D eigenvalue weighted by Crippen LogP contribution is -1.95. The summed E-state index contributed by atoms with van der Waals surface area (Å²) in [4.78, 5) is 9.47. The zero-order chi connectivity index (χ0) is 11.0. The Kier molecular flexibility index (Phi) is 2.54. The Morgan fingerprint density at radius 1 is 1.60 bits per heavy atom. The Hall–Kier alpha value is -1.27. The number of aromatic hydroxyl groups is 1. The van der Waals surface area contributed by atoms with Crippen molar-refractivity contribution in [3.05, 3.63) is 16.9 Å². The van der Waals surface area contributed by atoms with Crippen LogP contribution in [0.3, 0.4) is 0 Å². The summed E-state index contributed by atoms with van der Waals surface area (Å²) in [5, 5.41) is 10.7. The molecule has 0 aromatic carbocycles. The second-order valence-corrected chi connectivity index (χ2v) is 4.28. The highest BCUT2D eigenvalue weighted by molar-refractivity contribution is 7.80. The number of aromatic nitrogens is 2. The molecule has 78 valence electrons. The molecule has 0 saturated heterocycles. The number of rotatable bonds is 1. The summed E-state index contributed by atoms with van der Waals surface area (Å²) in [6, 6.07) is 0. The maximum atomic E-state index is 9.84. The molecule has 0 bridgehead atoms. The first kappa shape index (κ1) is 10.3. The SMILES string of the molecule is COC(=S)c1sc2nc(C)ncc2c1O. The van der Waals surface area contributed by atoms with Gasteiger partial charge in [-0.2, -0.15) is 0 Å². The molecule has 0 aliphatic carbocycles. The number of nitrogens with zero attached hydrogens (tertiary/aromatic N) is 2. The van der Waals surface area contributed by atoms with Crippen LogP contribution in [0.1, 0.15) is 10.7 Å². The molecule has 0 atom stereocenters. The number of thiocarbonyl (C=S) groups is 1. The zero-order valence-electron chi connectivity index (χ0n) is 8.14. The molecule has 2 rings (SSSR count). The molecule has 15 heavy (non-hydrogen) atoms. The lowest BCUT2D eigenvalue weighted by molar-refractivity contribution is 0.412. The normalized spacial score (nSPS) is 10.5. The lowest BCUT2D eigenvalue weighted by atomic mass is 10.3. The van der Waals surface area contributed by atoms with Gasteiger partial charge in [0.1, 0.15) is 21.3 Å². The summed E-state index contributed by atoms with van der Waals surface area (Å²) < 4.78 is 4.91. The molecule has 2 aromatic heterocycles. The Morgan fingerprint density at radius 3 is 3.00 bits per heavy atom. The lowest BCUT2D eigenvalue weighted by Gasteiger charge is -1.97. The van der Waals surface area contributed by atoms with Crippen molar-refractivity contribution in [1.82, 2.24) is 9.97 Å². The molecule has 0 aliphatic rings. The summed E-state index contributed by atoms with van der Waals surface area (Å²) in [6.45, 7) is 1.80. The molecule has 0 aliphatic heterocycles. The first-order valence-corrected chi connectivity index (χ1v) is 5.39. The van der Waals surface area contributed by atoms with E-state index in [4.69, 9.17) is 17.0 Å². The van der Waals surface area contributed by atoms with E-state index in [1.807, 2.05) is 0 Å². The van der Waals surface area contributed by atoms with Crippen LogP contribution in [0.15, 0.2) is 6.20 Å². The highest BCUT2D eigenvalue weighted by atomic mass is 32.1. The molecule has 2 aromatic rings. The largest absolute Gasteiger partial charge is 0.505 e. The molecular weight excluding hydrogens is 232 g/mol. The first-order valence-electron chi connectivity index (χ1n) is 4.17. The van der Waals surface area contributed by atoms with Gasteiger partial charge in [-0.3, -0.25) is 0 Å². The Balaban J connectivity index is 2.69. The maximum absolute atomic E-state index is 9.84. The van der Waals surface area contributed by atoms with Gasteiger partial charge < -0.3 is 9.84 Å². The second kappa shape index (κ2) is 3.71. The van der Waals surface area contributed by atoms with Crippen molar-refractivity contribution < 1.29 is 9.84 Å². The van der Waals surface area contributed by atoms with Crippen molar-refractivity contribution >= 4 is 38.8 Å². The van der Waals surface area contributed by atoms with Gasteiger partial charge >= 0.3 is 0 Å². The van der Waals surface area contributed by atoms with Gasteiger partial charge in [0, 0.05) is 6.20 Å². The second-order valence-electron chi connectivity index (χ2n) is 2.91.